The Bertz CT molecular complexity index is 486. The Kier molecular flexibility index (Phi) is 3.28. The van der Waals surface area contributed by atoms with Crippen LogP contribution in [0.15, 0.2) is 23.4 Å². The standard InChI is InChI=1S/C11H10ClFN2O2/c12-10(15-17)6-1-4-9(13)8(5-6)11(16)14-7-2-3-7/h1,4-5,7,17H,2-3H2,(H,14,16)/b15-10-. The van der Waals surface area contributed by atoms with Gasteiger partial charge in [0.05, 0.1) is 5.56 Å². The number of halogens is 2. The number of oxime groups is 1. The van der Waals surface area contributed by atoms with Crippen LogP contribution in [-0.2, 0) is 0 Å². The van der Waals surface area contributed by atoms with Crippen LogP contribution in [0, 0.1) is 5.82 Å². The molecular weight excluding hydrogens is 247 g/mol. The average Bonchev–Trinajstić information content (AvgIpc) is 3.12. The summed E-state index contributed by atoms with van der Waals surface area (Å²) in [5, 5.41) is 13.8. The normalized spacial score (nSPS) is 15.8. The molecule has 17 heavy (non-hydrogen) atoms. The molecule has 0 radical (unpaired) electrons. The van der Waals surface area contributed by atoms with Crippen molar-refractivity contribution in [1.82, 2.24) is 5.32 Å². The first-order valence-corrected chi connectivity index (χ1v) is 5.48. The van der Waals surface area contributed by atoms with Gasteiger partial charge in [-0.3, -0.25) is 4.79 Å². The van der Waals surface area contributed by atoms with Crippen molar-refractivity contribution in [2.75, 3.05) is 0 Å². The van der Waals surface area contributed by atoms with Crippen LogP contribution in [0.4, 0.5) is 4.39 Å². The lowest BCUT2D eigenvalue weighted by molar-refractivity contribution is 0.0947. The maximum Gasteiger partial charge on any atom is 0.254 e. The van der Waals surface area contributed by atoms with Crippen LogP contribution >= 0.6 is 11.6 Å². The van der Waals surface area contributed by atoms with Gasteiger partial charge in [-0.05, 0) is 31.0 Å². The average molecular weight is 257 g/mol. The van der Waals surface area contributed by atoms with E-state index in [-0.39, 0.29) is 22.3 Å². The Hall–Kier alpha value is -1.62. The highest BCUT2D eigenvalue weighted by Crippen LogP contribution is 2.20. The van der Waals surface area contributed by atoms with Crippen molar-refractivity contribution < 1.29 is 14.4 Å². The van der Waals surface area contributed by atoms with Crippen LogP contribution in [-0.4, -0.2) is 22.3 Å². The number of rotatable bonds is 3. The summed E-state index contributed by atoms with van der Waals surface area (Å²) >= 11 is 5.58. The molecule has 1 aliphatic rings. The van der Waals surface area contributed by atoms with E-state index in [9.17, 15) is 9.18 Å². The highest BCUT2D eigenvalue weighted by Gasteiger charge is 2.25. The van der Waals surface area contributed by atoms with Crippen LogP contribution < -0.4 is 5.32 Å². The molecule has 0 aromatic heterocycles. The Morgan fingerprint density at radius 3 is 2.82 bits per heavy atom. The second-order valence-corrected chi connectivity index (χ2v) is 4.19. The van der Waals surface area contributed by atoms with E-state index in [0.717, 1.165) is 18.9 Å². The second kappa shape index (κ2) is 4.71. The predicted octanol–water partition coefficient (Wildman–Crippen LogP) is 2.09. The highest BCUT2D eigenvalue weighted by molar-refractivity contribution is 6.69. The lowest BCUT2D eigenvalue weighted by Gasteiger charge is -2.06. The molecule has 1 fully saturated rings. The Labute approximate surface area is 102 Å². The summed E-state index contributed by atoms with van der Waals surface area (Å²) in [6.45, 7) is 0. The predicted molar refractivity (Wildman–Crippen MR) is 61.1 cm³/mol. The van der Waals surface area contributed by atoms with Gasteiger partial charge in [0.25, 0.3) is 5.91 Å². The molecule has 6 heteroatoms. The lowest BCUT2D eigenvalue weighted by atomic mass is 10.1. The first kappa shape index (κ1) is 11.9. The van der Waals surface area contributed by atoms with E-state index in [0.29, 0.717) is 0 Å². The molecule has 1 amide bonds. The lowest BCUT2D eigenvalue weighted by Crippen LogP contribution is -2.26. The number of carbonyl (C=O) groups excluding carboxylic acids is 1. The van der Waals surface area contributed by atoms with Gasteiger partial charge in [0.1, 0.15) is 5.82 Å². The smallest absolute Gasteiger partial charge is 0.254 e. The summed E-state index contributed by atoms with van der Waals surface area (Å²) in [5.41, 5.74) is 0.188. The maximum absolute atomic E-state index is 13.5. The Morgan fingerprint density at radius 2 is 2.24 bits per heavy atom. The number of nitrogens with one attached hydrogen (secondary N) is 1. The Balaban J connectivity index is 2.27. The molecule has 4 nitrogen and oxygen atoms in total. The van der Waals surface area contributed by atoms with Crippen LogP contribution in [0.25, 0.3) is 0 Å². The fourth-order valence-corrected chi connectivity index (χ4v) is 1.49. The summed E-state index contributed by atoms with van der Waals surface area (Å²) in [4.78, 5) is 11.7. The fraction of sp³-hybridized carbons (Fsp3) is 0.273. The minimum absolute atomic E-state index is 0.101. The summed E-state index contributed by atoms with van der Waals surface area (Å²) in [5.74, 6) is -1.11. The topological polar surface area (TPSA) is 61.7 Å². The molecule has 2 rings (SSSR count). The van der Waals surface area contributed by atoms with Crippen molar-refractivity contribution in [1.29, 1.82) is 0 Å². The summed E-state index contributed by atoms with van der Waals surface area (Å²) < 4.78 is 13.5. The number of hydrogen-bond acceptors (Lipinski definition) is 3. The SMILES string of the molecule is O=C(NC1CC1)c1cc(/C(Cl)=N/O)ccc1F. The summed E-state index contributed by atoms with van der Waals surface area (Å²) in [7, 11) is 0. The van der Waals surface area contributed by atoms with E-state index < -0.39 is 11.7 Å². The number of nitrogens with zero attached hydrogens (tertiary/aromatic N) is 1. The maximum atomic E-state index is 13.5. The molecule has 0 atom stereocenters. The largest absolute Gasteiger partial charge is 0.410 e. The van der Waals surface area contributed by atoms with Gasteiger partial charge in [0.15, 0.2) is 5.17 Å². The highest BCUT2D eigenvalue weighted by atomic mass is 35.5. The zero-order chi connectivity index (χ0) is 12.4. The molecule has 2 N–H and O–H groups in total. The third kappa shape index (κ3) is 2.74. The third-order valence-electron chi connectivity index (χ3n) is 2.45. The van der Waals surface area contributed by atoms with E-state index in [1.807, 2.05) is 0 Å². The van der Waals surface area contributed by atoms with Crippen molar-refractivity contribution in [3.63, 3.8) is 0 Å². The van der Waals surface area contributed by atoms with Gasteiger partial charge in [0, 0.05) is 11.6 Å². The van der Waals surface area contributed by atoms with Crippen molar-refractivity contribution >= 4 is 22.7 Å². The van der Waals surface area contributed by atoms with Gasteiger partial charge in [-0.1, -0.05) is 16.8 Å². The van der Waals surface area contributed by atoms with Crippen LogP contribution in [0.3, 0.4) is 0 Å². The van der Waals surface area contributed by atoms with Gasteiger partial charge in [0.2, 0.25) is 0 Å². The third-order valence-corrected chi connectivity index (χ3v) is 2.74. The van der Waals surface area contributed by atoms with E-state index >= 15 is 0 Å². The zero-order valence-electron chi connectivity index (χ0n) is 8.78. The monoisotopic (exact) mass is 256 g/mol. The number of hydrogen-bond donors (Lipinski definition) is 2. The molecule has 0 spiro atoms. The zero-order valence-corrected chi connectivity index (χ0v) is 9.54. The molecule has 0 saturated heterocycles. The molecule has 1 saturated carbocycles. The van der Waals surface area contributed by atoms with Crippen molar-refractivity contribution in [3.05, 3.63) is 35.1 Å². The molecule has 0 heterocycles. The van der Waals surface area contributed by atoms with Crippen molar-refractivity contribution in [3.8, 4) is 0 Å². The van der Waals surface area contributed by atoms with Crippen LogP contribution in [0.1, 0.15) is 28.8 Å². The molecular formula is C11H10ClFN2O2. The van der Waals surface area contributed by atoms with Gasteiger partial charge >= 0.3 is 0 Å². The second-order valence-electron chi connectivity index (χ2n) is 3.83. The first-order valence-electron chi connectivity index (χ1n) is 5.10. The van der Waals surface area contributed by atoms with Crippen molar-refractivity contribution in [2.24, 2.45) is 5.16 Å². The minimum Gasteiger partial charge on any atom is -0.410 e. The molecule has 90 valence electrons. The molecule has 0 aliphatic heterocycles. The summed E-state index contributed by atoms with van der Waals surface area (Å²) in [6.07, 6.45) is 1.85. The van der Waals surface area contributed by atoms with Gasteiger partial charge in [-0.2, -0.15) is 0 Å². The van der Waals surface area contributed by atoms with E-state index in [1.54, 1.807) is 0 Å². The van der Waals surface area contributed by atoms with Gasteiger partial charge in [-0.15, -0.1) is 0 Å². The first-order chi connectivity index (χ1) is 8.11. The minimum atomic E-state index is -0.630. The molecule has 0 bridgehead atoms. The van der Waals surface area contributed by atoms with E-state index in [1.165, 1.54) is 12.1 Å². The van der Waals surface area contributed by atoms with Gasteiger partial charge in [-0.25, -0.2) is 4.39 Å². The summed E-state index contributed by atoms with van der Waals surface area (Å²) in [6, 6.07) is 3.86. The van der Waals surface area contributed by atoms with Crippen LogP contribution in [0.5, 0.6) is 0 Å². The number of carbonyl (C=O) groups is 1. The molecule has 0 unspecified atom stereocenters. The quantitative estimate of drug-likeness (QED) is 0.494. The van der Waals surface area contributed by atoms with E-state index in [4.69, 9.17) is 16.8 Å². The number of benzene rings is 1. The number of amides is 1. The fourth-order valence-electron chi connectivity index (χ4n) is 1.38. The van der Waals surface area contributed by atoms with Crippen LogP contribution in [0.2, 0.25) is 0 Å². The molecule has 1 aliphatic carbocycles. The van der Waals surface area contributed by atoms with Crippen molar-refractivity contribution in [2.45, 2.75) is 18.9 Å². The molecule has 1 aromatic carbocycles. The van der Waals surface area contributed by atoms with Gasteiger partial charge < -0.3 is 10.5 Å². The van der Waals surface area contributed by atoms with E-state index in [2.05, 4.69) is 10.5 Å². The Morgan fingerprint density at radius 1 is 1.53 bits per heavy atom. The molecule has 1 aromatic rings.